The molecular formula is C20H25N3O. The highest BCUT2D eigenvalue weighted by atomic mass is 16.2. The first-order valence-electron chi connectivity index (χ1n) is 8.60. The zero-order valence-corrected chi connectivity index (χ0v) is 13.9. The van der Waals surface area contributed by atoms with Crippen molar-refractivity contribution in [3.05, 3.63) is 71.8 Å². The van der Waals surface area contributed by atoms with E-state index in [0.29, 0.717) is 6.54 Å². The monoisotopic (exact) mass is 323 g/mol. The number of hydrogen-bond acceptors (Lipinski definition) is 3. The van der Waals surface area contributed by atoms with Crippen LogP contribution >= 0.6 is 0 Å². The van der Waals surface area contributed by atoms with Crippen LogP contribution < -0.4 is 10.6 Å². The summed E-state index contributed by atoms with van der Waals surface area (Å²) in [6.07, 6.45) is 1.02. The highest BCUT2D eigenvalue weighted by molar-refractivity contribution is 5.78. The number of hydrogen-bond donors (Lipinski definition) is 2. The summed E-state index contributed by atoms with van der Waals surface area (Å²) in [5, 5.41) is 6.42. The van der Waals surface area contributed by atoms with Gasteiger partial charge in [0.2, 0.25) is 5.91 Å². The molecule has 0 radical (unpaired) electrons. The summed E-state index contributed by atoms with van der Waals surface area (Å²) >= 11 is 0. The van der Waals surface area contributed by atoms with Crippen molar-refractivity contribution in [2.24, 2.45) is 0 Å². The molecule has 126 valence electrons. The number of carbonyl (C=O) groups is 1. The van der Waals surface area contributed by atoms with E-state index in [9.17, 15) is 4.79 Å². The first-order chi connectivity index (χ1) is 11.8. The summed E-state index contributed by atoms with van der Waals surface area (Å²) in [6, 6.07) is 20.9. The maximum Gasteiger partial charge on any atom is 0.234 e. The van der Waals surface area contributed by atoms with E-state index in [1.54, 1.807) is 0 Å². The lowest BCUT2D eigenvalue weighted by atomic mass is 10.1. The predicted octanol–water partition coefficient (Wildman–Crippen LogP) is 2.17. The van der Waals surface area contributed by atoms with Crippen molar-refractivity contribution >= 4 is 5.91 Å². The van der Waals surface area contributed by atoms with Crippen LogP contribution in [0.15, 0.2) is 60.7 Å². The Morgan fingerprint density at radius 2 is 1.58 bits per heavy atom. The van der Waals surface area contributed by atoms with Gasteiger partial charge in [-0.25, -0.2) is 0 Å². The largest absolute Gasteiger partial charge is 0.351 e. The molecule has 0 aliphatic carbocycles. The van der Waals surface area contributed by atoms with Gasteiger partial charge in [-0.2, -0.15) is 0 Å². The number of nitrogens with one attached hydrogen (secondary N) is 2. The predicted molar refractivity (Wildman–Crippen MR) is 96.4 cm³/mol. The lowest BCUT2D eigenvalue weighted by molar-refractivity contribution is -0.123. The Hall–Kier alpha value is -2.17. The average Bonchev–Trinajstić information content (AvgIpc) is 3.09. The van der Waals surface area contributed by atoms with Crippen LogP contribution in [0.1, 0.15) is 17.5 Å². The molecule has 24 heavy (non-hydrogen) atoms. The fourth-order valence-electron chi connectivity index (χ4n) is 3.11. The molecule has 1 aliphatic rings. The third-order valence-corrected chi connectivity index (χ3v) is 4.29. The molecule has 2 N–H and O–H groups in total. The smallest absolute Gasteiger partial charge is 0.234 e. The number of amides is 1. The van der Waals surface area contributed by atoms with Gasteiger partial charge in [0.15, 0.2) is 0 Å². The molecule has 1 heterocycles. The van der Waals surface area contributed by atoms with Crippen molar-refractivity contribution in [1.29, 1.82) is 0 Å². The van der Waals surface area contributed by atoms with Crippen LogP contribution in [-0.2, 0) is 17.9 Å². The molecule has 2 aromatic carbocycles. The minimum absolute atomic E-state index is 0.107. The molecule has 1 saturated heterocycles. The van der Waals surface area contributed by atoms with E-state index in [1.807, 2.05) is 36.4 Å². The third kappa shape index (κ3) is 5.18. The molecule has 4 nitrogen and oxygen atoms in total. The Balaban J connectivity index is 1.63. The lowest BCUT2D eigenvalue weighted by Gasteiger charge is -2.23. The quantitative estimate of drug-likeness (QED) is 0.821. The molecule has 0 bridgehead atoms. The van der Waals surface area contributed by atoms with Gasteiger partial charge in [0.05, 0.1) is 6.54 Å². The van der Waals surface area contributed by atoms with Gasteiger partial charge in [0.25, 0.3) is 0 Å². The fraction of sp³-hybridized carbons (Fsp3) is 0.350. The average molecular weight is 323 g/mol. The second-order valence-electron chi connectivity index (χ2n) is 6.37. The molecule has 0 aromatic heterocycles. The van der Waals surface area contributed by atoms with E-state index in [0.717, 1.165) is 32.6 Å². The number of benzene rings is 2. The summed E-state index contributed by atoms with van der Waals surface area (Å²) in [4.78, 5) is 14.6. The molecule has 4 heteroatoms. The first-order valence-corrected chi connectivity index (χ1v) is 8.60. The van der Waals surface area contributed by atoms with Crippen LogP contribution in [0.4, 0.5) is 0 Å². The van der Waals surface area contributed by atoms with Gasteiger partial charge in [-0.05, 0) is 24.1 Å². The molecule has 1 unspecified atom stereocenters. The molecule has 1 atom stereocenters. The molecule has 1 aliphatic heterocycles. The van der Waals surface area contributed by atoms with Crippen LogP contribution in [0.3, 0.4) is 0 Å². The second kappa shape index (κ2) is 8.62. The Labute approximate surface area is 143 Å². The van der Waals surface area contributed by atoms with Crippen LogP contribution in [0.25, 0.3) is 0 Å². The van der Waals surface area contributed by atoms with Crippen molar-refractivity contribution < 1.29 is 4.79 Å². The summed E-state index contributed by atoms with van der Waals surface area (Å²) in [5.74, 6) is 0.107. The molecule has 1 amide bonds. The summed E-state index contributed by atoms with van der Waals surface area (Å²) in [7, 11) is 0. The Kier molecular flexibility index (Phi) is 5.99. The summed E-state index contributed by atoms with van der Waals surface area (Å²) in [5.41, 5.74) is 2.45. The zero-order valence-electron chi connectivity index (χ0n) is 13.9. The third-order valence-electron chi connectivity index (χ3n) is 4.29. The van der Waals surface area contributed by atoms with Crippen molar-refractivity contribution in [1.82, 2.24) is 15.5 Å². The van der Waals surface area contributed by atoms with Crippen LogP contribution in [0.5, 0.6) is 0 Å². The van der Waals surface area contributed by atoms with Gasteiger partial charge < -0.3 is 10.6 Å². The number of carbonyl (C=O) groups excluding carboxylic acids is 1. The van der Waals surface area contributed by atoms with E-state index in [2.05, 4.69) is 39.8 Å². The van der Waals surface area contributed by atoms with Crippen LogP contribution in [-0.4, -0.2) is 36.5 Å². The highest BCUT2D eigenvalue weighted by Gasteiger charge is 2.18. The minimum atomic E-state index is 0.107. The maximum atomic E-state index is 12.4. The van der Waals surface area contributed by atoms with Crippen molar-refractivity contribution in [3.63, 3.8) is 0 Å². The molecule has 1 fully saturated rings. The zero-order chi connectivity index (χ0) is 16.6. The second-order valence-corrected chi connectivity index (χ2v) is 6.37. The van der Waals surface area contributed by atoms with Gasteiger partial charge >= 0.3 is 0 Å². The molecular weight excluding hydrogens is 298 g/mol. The van der Waals surface area contributed by atoms with Crippen molar-refractivity contribution in [2.45, 2.75) is 25.6 Å². The highest BCUT2D eigenvalue weighted by Crippen LogP contribution is 2.10. The van der Waals surface area contributed by atoms with Gasteiger partial charge in [-0.3, -0.25) is 9.69 Å². The molecule has 0 saturated carbocycles. The molecule has 3 rings (SSSR count). The van der Waals surface area contributed by atoms with Crippen molar-refractivity contribution in [2.75, 3.05) is 19.6 Å². The van der Waals surface area contributed by atoms with Crippen molar-refractivity contribution in [3.8, 4) is 0 Å². The Morgan fingerprint density at radius 3 is 2.08 bits per heavy atom. The number of rotatable bonds is 7. The minimum Gasteiger partial charge on any atom is -0.351 e. The van der Waals surface area contributed by atoms with E-state index in [4.69, 9.17) is 0 Å². The van der Waals surface area contributed by atoms with Gasteiger partial charge in [0.1, 0.15) is 0 Å². The van der Waals surface area contributed by atoms with E-state index < -0.39 is 0 Å². The fourth-order valence-corrected chi connectivity index (χ4v) is 3.11. The van der Waals surface area contributed by atoms with E-state index in [1.165, 1.54) is 11.1 Å². The topological polar surface area (TPSA) is 44.4 Å². The van der Waals surface area contributed by atoms with Crippen LogP contribution in [0, 0.1) is 0 Å². The normalized spacial score (nSPS) is 17.1. The standard InChI is InChI=1S/C20H25N3O/c24-20(22-19-11-12-21-13-19)16-23(14-17-7-3-1-4-8-17)15-18-9-5-2-6-10-18/h1-10,19,21H,11-16H2,(H,22,24). The van der Waals surface area contributed by atoms with E-state index >= 15 is 0 Å². The molecule has 0 spiro atoms. The van der Waals surface area contributed by atoms with E-state index in [-0.39, 0.29) is 11.9 Å². The first kappa shape index (κ1) is 16.7. The molecule has 2 aromatic rings. The SMILES string of the molecule is O=C(CN(Cc1ccccc1)Cc1ccccc1)NC1CCNC1. The lowest BCUT2D eigenvalue weighted by Crippen LogP contribution is -2.42. The van der Waals surface area contributed by atoms with Gasteiger partial charge in [-0.15, -0.1) is 0 Å². The summed E-state index contributed by atoms with van der Waals surface area (Å²) < 4.78 is 0. The van der Waals surface area contributed by atoms with Gasteiger partial charge in [-0.1, -0.05) is 60.7 Å². The Bertz CT molecular complexity index is 582. The summed E-state index contributed by atoms with van der Waals surface area (Å²) in [6.45, 7) is 3.82. The van der Waals surface area contributed by atoms with Crippen LogP contribution in [0.2, 0.25) is 0 Å². The maximum absolute atomic E-state index is 12.4. The Morgan fingerprint density at radius 1 is 1.00 bits per heavy atom. The number of nitrogens with zero attached hydrogens (tertiary/aromatic N) is 1. The van der Waals surface area contributed by atoms with Gasteiger partial charge in [0, 0.05) is 25.7 Å².